The Kier molecular flexibility index (Phi) is 9.28. The van der Waals surface area contributed by atoms with Crippen molar-refractivity contribution in [2.45, 2.75) is 84.2 Å². The summed E-state index contributed by atoms with van der Waals surface area (Å²) in [6.07, 6.45) is 4.35. The molecule has 0 spiro atoms. The van der Waals surface area contributed by atoms with E-state index < -0.39 is 42.0 Å². The quantitative estimate of drug-likeness (QED) is 0.423. The minimum Gasteiger partial charge on any atom is -0.481 e. The van der Waals surface area contributed by atoms with Crippen molar-refractivity contribution in [2.75, 3.05) is 7.11 Å². The number of para-hydroxylation sites is 1. The summed E-state index contributed by atoms with van der Waals surface area (Å²) in [5.74, 6) is -1.66. The average molecular weight is 560 g/mol. The van der Waals surface area contributed by atoms with Crippen LogP contribution in [0.3, 0.4) is 0 Å². The van der Waals surface area contributed by atoms with E-state index in [2.05, 4.69) is 10.3 Å². The van der Waals surface area contributed by atoms with E-state index in [4.69, 9.17) is 9.47 Å². The summed E-state index contributed by atoms with van der Waals surface area (Å²) >= 11 is 0. The van der Waals surface area contributed by atoms with Gasteiger partial charge in [0.05, 0.1) is 18.8 Å². The Morgan fingerprint density at radius 2 is 1.80 bits per heavy atom. The number of nitrogens with zero attached hydrogens (tertiary/aromatic N) is 2. The van der Waals surface area contributed by atoms with Crippen molar-refractivity contribution in [3.8, 4) is 11.6 Å². The number of methoxy groups -OCH3 is 1. The Morgan fingerprint density at radius 1 is 1.10 bits per heavy atom. The first-order valence-electron chi connectivity index (χ1n) is 13.8. The van der Waals surface area contributed by atoms with Gasteiger partial charge in [-0.25, -0.2) is 9.78 Å². The van der Waals surface area contributed by atoms with E-state index in [1.807, 2.05) is 20.8 Å². The number of carbonyl (C=O) groups excluding carboxylic acids is 1. The summed E-state index contributed by atoms with van der Waals surface area (Å²) in [5, 5.41) is 14.1. The van der Waals surface area contributed by atoms with Crippen molar-refractivity contribution in [3.05, 3.63) is 53.7 Å². The van der Waals surface area contributed by atoms with E-state index >= 15 is 0 Å². The van der Waals surface area contributed by atoms with Crippen molar-refractivity contribution in [1.82, 2.24) is 15.2 Å². The van der Waals surface area contributed by atoms with Crippen LogP contribution in [0.5, 0.6) is 11.6 Å². The predicted octanol–water partition coefficient (Wildman–Crippen LogP) is 5.43. The van der Waals surface area contributed by atoms with Gasteiger partial charge in [0.2, 0.25) is 11.8 Å². The molecule has 1 saturated heterocycles. The zero-order valence-corrected chi connectivity index (χ0v) is 23.5. The first-order valence-corrected chi connectivity index (χ1v) is 13.8. The maximum atomic E-state index is 14.2. The highest BCUT2D eigenvalue weighted by Gasteiger charge is 2.59. The fraction of sp³-hybridized carbons (Fsp3) is 0.567. The van der Waals surface area contributed by atoms with Crippen molar-refractivity contribution >= 4 is 11.9 Å². The molecule has 2 N–H and O–H groups in total. The van der Waals surface area contributed by atoms with Gasteiger partial charge in [0, 0.05) is 36.1 Å². The van der Waals surface area contributed by atoms with Crippen LogP contribution in [-0.4, -0.2) is 52.7 Å². The largest absolute Gasteiger partial charge is 0.481 e. The number of carbonyl (C=O) groups is 2. The minimum atomic E-state index is -2.98. The highest BCUT2D eigenvalue weighted by Crippen LogP contribution is 2.49. The summed E-state index contributed by atoms with van der Waals surface area (Å²) < 4.78 is 36.3. The smallest absolute Gasteiger partial charge is 0.387 e. The Morgan fingerprint density at radius 3 is 2.42 bits per heavy atom. The topological polar surface area (TPSA) is 101 Å². The van der Waals surface area contributed by atoms with Crippen LogP contribution in [0.4, 0.5) is 8.78 Å². The Labute approximate surface area is 234 Å². The molecule has 218 valence electrons. The van der Waals surface area contributed by atoms with Crippen LogP contribution >= 0.6 is 0 Å². The molecule has 2 fully saturated rings. The summed E-state index contributed by atoms with van der Waals surface area (Å²) in [4.78, 5) is 33.4. The molecule has 2 heterocycles. The lowest BCUT2D eigenvalue weighted by molar-refractivity contribution is -0.154. The number of aromatic nitrogens is 1. The first kappa shape index (κ1) is 29.7. The van der Waals surface area contributed by atoms with Crippen LogP contribution in [-0.2, 0) is 16.1 Å². The Hall–Kier alpha value is -3.27. The van der Waals surface area contributed by atoms with E-state index in [0.717, 1.165) is 32.1 Å². The Balaban J connectivity index is 1.82. The molecule has 2 aliphatic rings. The number of ether oxygens (including phenoxy) is 2. The molecule has 1 aromatic carbocycles. The van der Waals surface area contributed by atoms with Crippen LogP contribution in [0.15, 0.2) is 42.5 Å². The van der Waals surface area contributed by atoms with E-state index in [9.17, 15) is 23.5 Å². The number of benzene rings is 1. The van der Waals surface area contributed by atoms with Crippen molar-refractivity contribution in [1.29, 1.82) is 0 Å². The Bertz CT molecular complexity index is 1180. The zero-order chi connectivity index (χ0) is 29.0. The molecule has 1 saturated carbocycles. The number of hydrogen-bond acceptors (Lipinski definition) is 6. The first-order chi connectivity index (χ1) is 19.0. The van der Waals surface area contributed by atoms with E-state index in [1.165, 1.54) is 18.1 Å². The van der Waals surface area contributed by atoms with Crippen LogP contribution in [0.1, 0.15) is 70.2 Å². The summed E-state index contributed by atoms with van der Waals surface area (Å²) in [7, 11) is 1.50. The molecule has 0 bridgehead atoms. The second kappa shape index (κ2) is 12.5. The van der Waals surface area contributed by atoms with Crippen molar-refractivity contribution in [3.63, 3.8) is 0 Å². The molecule has 0 unspecified atom stereocenters. The number of carboxylic acid groups (broad SMARTS) is 1. The molecule has 1 amide bonds. The van der Waals surface area contributed by atoms with E-state index in [1.54, 1.807) is 36.4 Å². The fourth-order valence-electron chi connectivity index (χ4n) is 6.39. The fourth-order valence-corrected chi connectivity index (χ4v) is 6.39. The molecule has 1 aliphatic carbocycles. The number of likely N-dealkylation sites (tertiary alicyclic amines) is 1. The molecule has 8 nitrogen and oxygen atoms in total. The molecule has 0 radical (unpaired) electrons. The molecule has 1 aliphatic heterocycles. The second-order valence-corrected chi connectivity index (χ2v) is 11.7. The number of rotatable bonds is 9. The van der Waals surface area contributed by atoms with Crippen molar-refractivity contribution < 1.29 is 33.0 Å². The van der Waals surface area contributed by atoms with Crippen LogP contribution in [0, 0.1) is 17.3 Å². The lowest BCUT2D eigenvalue weighted by Crippen LogP contribution is -2.49. The predicted molar refractivity (Wildman–Crippen MR) is 145 cm³/mol. The molecule has 40 heavy (non-hydrogen) atoms. The van der Waals surface area contributed by atoms with Gasteiger partial charge in [0.1, 0.15) is 11.8 Å². The molecule has 4 rings (SSSR count). The van der Waals surface area contributed by atoms with Crippen LogP contribution < -0.4 is 14.8 Å². The van der Waals surface area contributed by atoms with Gasteiger partial charge in [-0.2, -0.15) is 8.78 Å². The number of hydrogen-bond donors (Lipinski definition) is 2. The lowest BCUT2D eigenvalue weighted by Gasteiger charge is -2.36. The van der Waals surface area contributed by atoms with Gasteiger partial charge in [-0.15, -0.1) is 0 Å². The van der Waals surface area contributed by atoms with Gasteiger partial charge >= 0.3 is 12.6 Å². The highest BCUT2D eigenvalue weighted by molar-refractivity contribution is 5.87. The number of pyridine rings is 1. The molecular formula is C30H39F2N3O5. The SMILES string of the molecule is COc1cccc([C@@H]2[C@H](NCc3ccccc3OC(F)F)[C@@H](C(C)(C)C)[C@H](C(=O)O)N2C(=O)C2CCCCC2)n1. The van der Waals surface area contributed by atoms with E-state index in [-0.39, 0.29) is 24.1 Å². The van der Waals surface area contributed by atoms with Gasteiger partial charge in [-0.3, -0.25) is 4.79 Å². The number of aliphatic carboxylic acids is 1. The molecule has 4 atom stereocenters. The second-order valence-electron chi connectivity index (χ2n) is 11.7. The van der Waals surface area contributed by atoms with Gasteiger partial charge < -0.3 is 24.8 Å². The van der Waals surface area contributed by atoms with Crippen LogP contribution in [0.2, 0.25) is 0 Å². The average Bonchev–Trinajstić information content (AvgIpc) is 3.28. The van der Waals surface area contributed by atoms with Gasteiger partial charge in [0.25, 0.3) is 0 Å². The van der Waals surface area contributed by atoms with Gasteiger partial charge in [0.15, 0.2) is 0 Å². The van der Waals surface area contributed by atoms with Gasteiger partial charge in [-0.1, -0.05) is 64.3 Å². The normalized spacial score (nSPS) is 23.8. The standard InChI is InChI=1S/C30H39F2N3O5/c1-30(2,3)23-24(33-17-19-13-8-9-15-21(19)40-29(31)32)25(20-14-10-16-22(34-20)39-4)35(26(23)28(37)38)27(36)18-11-6-5-7-12-18/h8-10,13-16,18,23-26,29,33H,5-7,11-12,17H2,1-4H3,(H,37,38)/t23-,24-,25-,26-/m1/s1. The lowest BCUT2D eigenvalue weighted by atomic mass is 9.72. The molecule has 1 aromatic heterocycles. The van der Waals surface area contributed by atoms with Gasteiger partial charge in [-0.05, 0) is 30.4 Å². The molecular weight excluding hydrogens is 520 g/mol. The third-order valence-electron chi connectivity index (χ3n) is 8.10. The molecule has 2 aromatic rings. The molecule has 10 heteroatoms. The van der Waals surface area contributed by atoms with Crippen LogP contribution in [0.25, 0.3) is 0 Å². The maximum Gasteiger partial charge on any atom is 0.387 e. The third kappa shape index (κ3) is 6.37. The monoisotopic (exact) mass is 559 g/mol. The zero-order valence-electron chi connectivity index (χ0n) is 23.5. The van der Waals surface area contributed by atoms with E-state index in [0.29, 0.717) is 17.1 Å². The summed E-state index contributed by atoms with van der Waals surface area (Å²) in [6.45, 7) is 3.02. The number of alkyl halides is 2. The minimum absolute atomic E-state index is 0.0382. The number of amides is 1. The summed E-state index contributed by atoms with van der Waals surface area (Å²) in [5.41, 5.74) is 0.464. The third-order valence-corrected chi connectivity index (χ3v) is 8.10. The maximum absolute atomic E-state index is 14.2. The number of carboxylic acids is 1. The highest BCUT2D eigenvalue weighted by atomic mass is 19.3. The number of halogens is 2. The van der Waals surface area contributed by atoms with Crippen molar-refractivity contribution in [2.24, 2.45) is 17.3 Å². The number of nitrogens with one attached hydrogen (secondary N) is 1. The summed E-state index contributed by atoms with van der Waals surface area (Å²) in [6, 6.07) is 9.34.